The lowest BCUT2D eigenvalue weighted by molar-refractivity contribution is -0.178. The molecule has 0 aliphatic carbocycles. The van der Waals surface area contributed by atoms with Gasteiger partial charge in [-0.05, 0) is 13.8 Å². The van der Waals surface area contributed by atoms with E-state index in [1.165, 1.54) is 14.0 Å². The zero-order valence-electron chi connectivity index (χ0n) is 9.48. The van der Waals surface area contributed by atoms with Crippen molar-refractivity contribution in [1.82, 2.24) is 0 Å². The van der Waals surface area contributed by atoms with Crippen LogP contribution >= 0.6 is 7.60 Å². The first-order valence-electron chi connectivity index (χ1n) is 4.63. The van der Waals surface area contributed by atoms with Gasteiger partial charge in [0.25, 0.3) is 11.7 Å². The fourth-order valence-corrected chi connectivity index (χ4v) is 2.28. The summed E-state index contributed by atoms with van der Waals surface area (Å²) < 4.78 is 26.8. The molecule has 0 heterocycles. The molecule has 0 aliphatic rings. The summed E-state index contributed by atoms with van der Waals surface area (Å²) in [6.07, 6.45) is 0.146. The number of hydrogen-bond acceptors (Lipinski definition) is 5. The van der Waals surface area contributed by atoms with Gasteiger partial charge in [-0.25, -0.2) is 0 Å². The zero-order valence-corrected chi connectivity index (χ0v) is 10.4. The van der Waals surface area contributed by atoms with E-state index in [2.05, 4.69) is 0 Å². The van der Waals surface area contributed by atoms with Crippen LogP contribution in [-0.4, -0.2) is 31.6 Å². The van der Waals surface area contributed by atoms with Crippen LogP contribution in [0.4, 0.5) is 0 Å². The maximum absolute atomic E-state index is 11.9. The maximum Gasteiger partial charge on any atom is 0.333 e. The lowest BCUT2D eigenvalue weighted by atomic mass is 10.3. The molecule has 2 atom stereocenters. The van der Waals surface area contributed by atoms with Crippen LogP contribution in [0.2, 0.25) is 0 Å². The molecule has 0 fully saturated rings. The monoisotopic (exact) mass is 239 g/mol. The third-order valence-electron chi connectivity index (χ3n) is 1.86. The summed E-state index contributed by atoms with van der Waals surface area (Å²) in [5.41, 5.74) is 5.07. The Kier molecular flexibility index (Phi) is 5.45. The first-order valence-corrected chi connectivity index (χ1v) is 6.35. The topological polar surface area (TPSA) is 87.8 Å². The molecule has 0 aromatic heterocycles. The SMILES string of the molecule is CCOP(=O)(CC)OC(C)(OC)C(N)=O. The van der Waals surface area contributed by atoms with Crippen LogP contribution in [0.3, 0.4) is 0 Å². The number of nitrogens with two attached hydrogens (primary N) is 1. The minimum Gasteiger partial charge on any atom is -0.365 e. The average Bonchev–Trinajstić information content (AvgIpc) is 2.17. The fourth-order valence-electron chi connectivity index (χ4n) is 0.827. The quantitative estimate of drug-likeness (QED) is 0.531. The average molecular weight is 239 g/mol. The van der Waals surface area contributed by atoms with Gasteiger partial charge in [-0.15, -0.1) is 0 Å². The highest BCUT2D eigenvalue weighted by Gasteiger charge is 2.40. The second kappa shape index (κ2) is 5.61. The molecule has 15 heavy (non-hydrogen) atoms. The van der Waals surface area contributed by atoms with E-state index < -0.39 is 19.3 Å². The Morgan fingerprint density at radius 3 is 2.27 bits per heavy atom. The molecular weight excluding hydrogens is 221 g/mol. The summed E-state index contributed by atoms with van der Waals surface area (Å²) in [7, 11) is -2.07. The second-order valence-electron chi connectivity index (χ2n) is 2.95. The lowest BCUT2D eigenvalue weighted by Gasteiger charge is -2.28. The van der Waals surface area contributed by atoms with E-state index in [0.29, 0.717) is 0 Å². The van der Waals surface area contributed by atoms with Crippen molar-refractivity contribution in [2.45, 2.75) is 26.6 Å². The third kappa shape index (κ3) is 3.91. The first kappa shape index (κ1) is 14.6. The van der Waals surface area contributed by atoms with E-state index in [4.69, 9.17) is 19.5 Å². The summed E-state index contributed by atoms with van der Waals surface area (Å²) in [5.74, 6) is -2.57. The number of carbonyl (C=O) groups excluding carboxylic acids is 1. The van der Waals surface area contributed by atoms with Gasteiger partial charge in [0.15, 0.2) is 0 Å². The Bertz CT molecular complexity index is 270. The number of ether oxygens (including phenoxy) is 1. The van der Waals surface area contributed by atoms with Crippen molar-refractivity contribution in [3.8, 4) is 0 Å². The summed E-state index contributed by atoms with van der Waals surface area (Å²) in [5, 5.41) is 0. The van der Waals surface area contributed by atoms with Gasteiger partial charge in [-0.3, -0.25) is 13.9 Å². The Morgan fingerprint density at radius 2 is 2.00 bits per heavy atom. The van der Waals surface area contributed by atoms with Crippen LogP contribution < -0.4 is 5.73 Å². The minimum absolute atomic E-state index is 0.146. The van der Waals surface area contributed by atoms with Crippen molar-refractivity contribution < 1.29 is 23.1 Å². The van der Waals surface area contributed by atoms with E-state index in [9.17, 15) is 9.36 Å². The van der Waals surface area contributed by atoms with Gasteiger partial charge in [0.2, 0.25) is 0 Å². The molecule has 0 aromatic carbocycles. The summed E-state index contributed by atoms with van der Waals surface area (Å²) in [6, 6.07) is 0. The zero-order chi connectivity index (χ0) is 12.1. The number of hydrogen-bond donors (Lipinski definition) is 1. The highest BCUT2D eigenvalue weighted by molar-refractivity contribution is 7.53. The highest BCUT2D eigenvalue weighted by atomic mass is 31.2. The van der Waals surface area contributed by atoms with Crippen LogP contribution in [0.5, 0.6) is 0 Å². The van der Waals surface area contributed by atoms with Gasteiger partial charge >= 0.3 is 7.60 Å². The molecule has 2 unspecified atom stereocenters. The van der Waals surface area contributed by atoms with Crippen molar-refractivity contribution in [2.75, 3.05) is 19.9 Å². The highest BCUT2D eigenvalue weighted by Crippen LogP contribution is 2.51. The molecule has 0 saturated carbocycles. The van der Waals surface area contributed by atoms with Crippen molar-refractivity contribution >= 4 is 13.5 Å². The Hall–Kier alpha value is -0.420. The Labute approximate surface area is 89.6 Å². The standard InChI is InChI=1S/C8H18NO5P/c1-5-13-15(11,6-2)14-8(3,12-4)7(9)10/h5-6H2,1-4H3,(H2,9,10). The summed E-state index contributed by atoms with van der Waals surface area (Å²) >= 11 is 0. The van der Waals surface area contributed by atoms with Gasteiger partial charge < -0.3 is 15.0 Å². The fraction of sp³-hybridized carbons (Fsp3) is 0.875. The normalized spacial score (nSPS) is 19.2. The molecular formula is C8H18NO5P. The molecule has 7 heteroatoms. The van der Waals surface area contributed by atoms with Gasteiger partial charge in [-0.2, -0.15) is 0 Å². The molecule has 0 aromatic rings. The molecule has 0 saturated heterocycles. The minimum atomic E-state index is -3.32. The van der Waals surface area contributed by atoms with Gasteiger partial charge in [0, 0.05) is 13.3 Å². The molecule has 1 amide bonds. The molecule has 90 valence electrons. The lowest BCUT2D eigenvalue weighted by Crippen LogP contribution is -2.44. The predicted octanol–water partition coefficient (Wildman–Crippen LogP) is 1.10. The van der Waals surface area contributed by atoms with Crippen LogP contribution in [0.25, 0.3) is 0 Å². The number of methoxy groups -OCH3 is 1. The molecule has 0 aliphatic heterocycles. The van der Waals surface area contributed by atoms with E-state index in [1.54, 1.807) is 13.8 Å². The van der Waals surface area contributed by atoms with E-state index in [-0.39, 0.29) is 12.8 Å². The molecule has 0 rings (SSSR count). The Morgan fingerprint density at radius 1 is 1.47 bits per heavy atom. The molecule has 6 nitrogen and oxygen atoms in total. The largest absolute Gasteiger partial charge is 0.365 e. The van der Waals surface area contributed by atoms with E-state index in [1.807, 2.05) is 0 Å². The third-order valence-corrected chi connectivity index (χ3v) is 3.92. The van der Waals surface area contributed by atoms with Gasteiger partial charge in [0.05, 0.1) is 6.61 Å². The summed E-state index contributed by atoms with van der Waals surface area (Å²) in [4.78, 5) is 11.0. The number of primary amides is 1. The predicted molar refractivity (Wildman–Crippen MR) is 55.5 cm³/mol. The second-order valence-corrected chi connectivity index (χ2v) is 5.25. The number of carbonyl (C=O) groups is 1. The van der Waals surface area contributed by atoms with E-state index >= 15 is 0 Å². The van der Waals surface area contributed by atoms with Crippen molar-refractivity contribution in [2.24, 2.45) is 5.73 Å². The van der Waals surface area contributed by atoms with Crippen LogP contribution in [0.1, 0.15) is 20.8 Å². The van der Waals surface area contributed by atoms with E-state index in [0.717, 1.165) is 0 Å². The summed E-state index contributed by atoms with van der Waals surface area (Å²) in [6.45, 7) is 4.84. The Balaban J connectivity index is 4.79. The number of rotatable bonds is 7. The van der Waals surface area contributed by atoms with Gasteiger partial charge in [0.1, 0.15) is 0 Å². The van der Waals surface area contributed by atoms with Crippen molar-refractivity contribution in [3.63, 3.8) is 0 Å². The molecule has 0 bridgehead atoms. The van der Waals surface area contributed by atoms with Crippen molar-refractivity contribution in [1.29, 1.82) is 0 Å². The molecule has 0 radical (unpaired) electrons. The van der Waals surface area contributed by atoms with Crippen LogP contribution in [-0.2, 0) is 23.1 Å². The molecule has 2 N–H and O–H groups in total. The maximum atomic E-state index is 11.9. The molecule has 0 spiro atoms. The van der Waals surface area contributed by atoms with Crippen LogP contribution in [0.15, 0.2) is 0 Å². The number of amides is 1. The smallest absolute Gasteiger partial charge is 0.333 e. The first-order chi connectivity index (χ1) is 6.83. The van der Waals surface area contributed by atoms with Crippen molar-refractivity contribution in [3.05, 3.63) is 0 Å². The van der Waals surface area contributed by atoms with Gasteiger partial charge in [-0.1, -0.05) is 6.92 Å². The van der Waals surface area contributed by atoms with Crippen LogP contribution in [0, 0.1) is 0 Å².